The van der Waals surface area contributed by atoms with Gasteiger partial charge in [0.2, 0.25) is 5.91 Å². The van der Waals surface area contributed by atoms with E-state index in [1.165, 1.54) is 5.56 Å². The first-order chi connectivity index (χ1) is 9.16. The lowest BCUT2D eigenvalue weighted by Gasteiger charge is -2.33. The highest BCUT2D eigenvalue weighted by Crippen LogP contribution is 2.20. The summed E-state index contributed by atoms with van der Waals surface area (Å²) in [6, 6.07) is 4.18. The minimum atomic E-state index is 0. The average Bonchev–Trinajstić information content (AvgIpc) is 2.46. The van der Waals surface area contributed by atoms with E-state index in [0.717, 1.165) is 32.4 Å². The summed E-state index contributed by atoms with van der Waals surface area (Å²) in [7, 11) is 0. The Hall–Kier alpha value is -0.840. The molecule has 1 amide bonds. The third kappa shape index (κ3) is 6.20. The molecule has 120 valence electrons. The molecule has 0 aromatic carbocycles. The average molecular weight is 334 g/mol. The Morgan fingerprint density at radius 1 is 1.33 bits per heavy atom. The van der Waals surface area contributed by atoms with Gasteiger partial charge in [-0.3, -0.25) is 9.78 Å². The maximum Gasteiger partial charge on any atom is 0.222 e. The molecule has 1 aliphatic rings. The standard InChI is InChI=1S/C15H23N3O.2ClH/c1-12(16)14-6-10-18(11-7-14)15(19)3-2-13-4-8-17-9-5-13;;/h4-5,8-9,12,14H,2-3,6-7,10-11,16H2,1H3;2*1H. The summed E-state index contributed by atoms with van der Waals surface area (Å²) in [5.74, 6) is 0.837. The molecule has 2 rings (SSSR count). The molecular formula is C15H25Cl2N3O. The second-order valence-corrected chi connectivity index (χ2v) is 5.43. The number of hydrogen-bond donors (Lipinski definition) is 1. The Kier molecular flexibility index (Phi) is 9.58. The SMILES string of the molecule is CC(N)C1CCN(C(=O)CCc2ccncc2)CC1.Cl.Cl. The van der Waals surface area contributed by atoms with Crippen molar-refractivity contribution in [3.05, 3.63) is 30.1 Å². The van der Waals surface area contributed by atoms with Crippen LogP contribution in [-0.4, -0.2) is 34.9 Å². The van der Waals surface area contributed by atoms with Gasteiger partial charge in [0.15, 0.2) is 0 Å². The summed E-state index contributed by atoms with van der Waals surface area (Å²) in [5, 5.41) is 0. The first kappa shape index (κ1) is 20.2. The Morgan fingerprint density at radius 2 is 1.90 bits per heavy atom. The number of nitrogens with two attached hydrogens (primary N) is 1. The van der Waals surface area contributed by atoms with Crippen LogP contribution in [0.3, 0.4) is 0 Å². The number of amides is 1. The molecule has 1 aromatic rings. The summed E-state index contributed by atoms with van der Waals surface area (Å²) in [5.41, 5.74) is 7.09. The van der Waals surface area contributed by atoms with Crippen LogP contribution in [0.2, 0.25) is 0 Å². The summed E-state index contributed by atoms with van der Waals surface area (Å²) < 4.78 is 0. The number of piperidine rings is 1. The molecule has 6 heteroatoms. The number of carbonyl (C=O) groups is 1. The van der Waals surface area contributed by atoms with Crippen molar-refractivity contribution in [3.8, 4) is 0 Å². The van der Waals surface area contributed by atoms with Gasteiger partial charge < -0.3 is 10.6 Å². The highest BCUT2D eigenvalue weighted by Gasteiger charge is 2.24. The van der Waals surface area contributed by atoms with E-state index in [9.17, 15) is 4.79 Å². The number of hydrogen-bond acceptors (Lipinski definition) is 3. The van der Waals surface area contributed by atoms with E-state index in [0.29, 0.717) is 12.3 Å². The fraction of sp³-hybridized carbons (Fsp3) is 0.600. The molecule has 4 nitrogen and oxygen atoms in total. The molecule has 2 heterocycles. The monoisotopic (exact) mass is 333 g/mol. The van der Waals surface area contributed by atoms with Gasteiger partial charge in [0.25, 0.3) is 0 Å². The molecule has 1 atom stereocenters. The molecule has 1 saturated heterocycles. The fourth-order valence-electron chi connectivity index (χ4n) is 2.63. The van der Waals surface area contributed by atoms with Gasteiger partial charge in [0.05, 0.1) is 0 Å². The molecular weight excluding hydrogens is 309 g/mol. The molecule has 0 bridgehead atoms. The number of carbonyl (C=O) groups excluding carboxylic acids is 1. The predicted octanol–water partition coefficient (Wildman–Crippen LogP) is 2.44. The van der Waals surface area contributed by atoms with Gasteiger partial charge in [-0.25, -0.2) is 0 Å². The smallest absolute Gasteiger partial charge is 0.222 e. The van der Waals surface area contributed by atoms with Crippen LogP contribution >= 0.6 is 24.8 Å². The Balaban J connectivity index is 0.00000200. The minimum Gasteiger partial charge on any atom is -0.343 e. The zero-order valence-electron chi connectivity index (χ0n) is 12.4. The molecule has 0 radical (unpaired) electrons. The van der Waals surface area contributed by atoms with Gasteiger partial charge in [0.1, 0.15) is 0 Å². The van der Waals surface area contributed by atoms with Crippen LogP contribution in [0.5, 0.6) is 0 Å². The molecule has 1 aliphatic heterocycles. The zero-order valence-corrected chi connectivity index (χ0v) is 14.0. The van der Waals surface area contributed by atoms with Crippen molar-refractivity contribution in [1.82, 2.24) is 9.88 Å². The third-order valence-corrected chi connectivity index (χ3v) is 4.01. The largest absolute Gasteiger partial charge is 0.343 e. The number of nitrogens with zero attached hydrogens (tertiary/aromatic N) is 2. The summed E-state index contributed by atoms with van der Waals surface area (Å²) >= 11 is 0. The van der Waals surface area contributed by atoms with Crippen LogP contribution in [0, 0.1) is 5.92 Å². The lowest BCUT2D eigenvalue weighted by Crippen LogP contribution is -2.42. The van der Waals surface area contributed by atoms with E-state index in [-0.39, 0.29) is 36.8 Å². The predicted molar refractivity (Wildman–Crippen MR) is 90.0 cm³/mol. The van der Waals surface area contributed by atoms with Crippen LogP contribution < -0.4 is 5.73 Å². The third-order valence-electron chi connectivity index (χ3n) is 4.01. The molecule has 0 spiro atoms. The van der Waals surface area contributed by atoms with E-state index < -0.39 is 0 Å². The fourth-order valence-corrected chi connectivity index (χ4v) is 2.63. The Morgan fingerprint density at radius 3 is 2.43 bits per heavy atom. The van der Waals surface area contributed by atoms with Crippen LogP contribution in [0.1, 0.15) is 31.7 Å². The van der Waals surface area contributed by atoms with Crippen molar-refractivity contribution < 1.29 is 4.79 Å². The van der Waals surface area contributed by atoms with Crippen molar-refractivity contribution in [2.45, 2.75) is 38.6 Å². The number of pyridine rings is 1. The molecule has 21 heavy (non-hydrogen) atoms. The highest BCUT2D eigenvalue weighted by molar-refractivity contribution is 5.85. The Labute approximate surface area is 139 Å². The van der Waals surface area contributed by atoms with Crippen LogP contribution in [0.4, 0.5) is 0 Å². The molecule has 2 N–H and O–H groups in total. The summed E-state index contributed by atoms with van der Waals surface area (Å²) in [6.07, 6.45) is 7.01. The lowest BCUT2D eigenvalue weighted by atomic mass is 9.91. The van der Waals surface area contributed by atoms with E-state index in [2.05, 4.69) is 11.9 Å². The molecule has 1 aromatic heterocycles. The maximum absolute atomic E-state index is 12.1. The minimum absolute atomic E-state index is 0. The first-order valence-corrected chi connectivity index (χ1v) is 7.09. The van der Waals surface area contributed by atoms with E-state index in [1.54, 1.807) is 12.4 Å². The molecule has 1 unspecified atom stereocenters. The molecule has 0 saturated carbocycles. The molecule has 0 aliphatic carbocycles. The van der Waals surface area contributed by atoms with Crippen molar-refractivity contribution in [1.29, 1.82) is 0 Å². The quantitative estimate of drug-likeness (QED) is 0.920. The Bertz CT molecular complexity index is 407. The van der Waals surface area contributed by atoms with Gasteiger partial charge in [-0.15, -0.1) is 24.8 Å². The number of aromatic nitrogens is 1. The van der Waals surface area contributed by atoms with Crippen LogP contribution in [-0.2, 0) is 11.2 Å². The van der Waals surface area contributed by atoms with Crippen molar-refractivity contribution in [3.63, 3.8) is 0 Å². The van der Waals surface area contributed by atoms with E-state index in [4.69, 9.17) is 5.73 Å². The second-order valence-electron chi connectivity index (χ2n) is 5.43. The number of aryl methyl sites for hydroxylation is 1. The van der Waals surface area contributed by atoms with Crippen LogP contribution in [0.25, 0.3) is 0 Å². The van der Waals surface area contributed by atoms with Crippen molar-refractivity contribution in [2.75, 3.05) is 13.1 Å². The highest BCUT2D eigenvalue weighted by atomic mass is 35.5. The van der Waals surface area contributed by atoms with Crippen molar-refractivity contribution >= 4 is 30.7 Å². The van der Waals surface area contributed by atoms with Crippen molar-refractivity contribution in [2.24, 2.45) is 11.7 Å². The van der Waals surface area contributed by atoms with Gasteiger partial charge >= 0.3 is 0 Å². The van der Waals surface area contributed by atoms with E-state index in [1.807, 2.05) is 17.0 Å². The van der Waals surface area contributed by atoms with Crippen LogP contribution in [0.15, 0.2) is 24.5 Å². The second kappa shape index (κ2) is 9.98. The van der Waals surface area contributed by atoms with Gasteiger partial charge in [0, 0.05) is 37.9 Å². The normalized spacial score (nSPS) is 16.6. The number of halogens is 2. The van der Waals surface area contributed by atoms with Gasteiger partial charge in [-0.1, -0.05) is 0 Å². The van der Waals surface area contributed by atoms with E-state index >= 15 is 0 Å². The maximum atomic E-state index is 12.1. The topological polar surface area (TPSA) is 59.2 Å². The first-order valence-electron chi connectivity index (χ1n) is 7.09. The number of rotatable bonds is 4. The lowest BCUT2D eigenvalue weighted by molar-refractivity contribution is -0.132. The summed E-state index contributed by atoms with van der Waals surface area (Å²) in [4.78, 5) is 18.1. The summed E-state index contributed by atoms with van der Waals surface area (Å²) in [6.45, 7) is 3.79. The van der Waals surface area contributed by atoms with Gasteiger partial charge in [-0.05, 0) is 49.8 Å². The number of likely N-dealkylation sites (tertiary alicyclic amines) is 1. The zero-order chi connectivity index (χ0) is 13.7. The molecule has 1 fully saturated rings. The van der Waals surface area contributed by atoms with Gasteiger partial charge in [-0.2, -0.15) is 0 Å².